The number of aryl methyl sites for hydroxylation is 1. The predicted molar refractivity (Wildman–Crippen MR) is 56.6 cm³/mol. The Morgan fingerprint density at radius 1 is 1.07 bits per heavy atom. The lowest BCUT2D eigenvalue weighted by molar-refractivity contribution is 0.262. The van der Waals surface area contributed by atoms with E-state index in [4.69, 9.17) is 5.11 Å². The Hall–Kier alpha value is -1.06. The summed E-state index contributed by atoms with van der Waals surface area (Å²) in [4.78, 5) is 0. The second-order valence-electron chi connectivity index (χ2n) is 4.02. The summed E-state index contributed by atoms with van der Waals surface area (Å²) in [5.41, 5.74) is 3.39. The summed E-state index contributed by atoms with van der Waals surface area (Å²) in [6.07, 6.45) is 4.16. The third-order valence-electron chi connectivity index (χ3n) is 3.14. The number of hydrogen-bond donors (Lipinski definition) is 3. The van der Waals surface area contributed by atoms with Gasteiger partial charge in [0, 0.05) is 11.1 Å². The van der Waals surface area contributed by atoms with Crippen LogP contribution in [0.3, 0.4) is 0 Å². The average Bonchev–Trinajstić information content (AvgIpc) is 2.28. The standard InChI is InChI=1S/C12H16O3/c13-6-9-5-8-3-1-2-4-10(8)11(7-14)12(9)15/h5,13-15H,1-4,6-7H2. The molecule has 1 aromatic rings. The van der Waals surface area contributed by atoms with Crippen molar-refractivity contribution in [3.8, 4) is 5.75 Å². The Morgan fingerprint density at radius 3 is 2.47 bits per heavy atom. The summed E-state index contributed by atoms with van der Waals surface area (Å²) in [5.74, 6) is 0.0700. The highest BCUT2D eigenvalue weighted by Gasteiger charge is 2.18. The fourth-order valence-corrected chi connectivity index (χ4v) is 2.34. The van der Waals surface area contributed by atoms with Gasteiger partial charge in [-0.25, -0.2) is 0 Å². The van der Waals surface area contributed by atoms with Crippen molar-refractivity contribution in [2.45, 2.75) is 38.9 Å². The lowest BCUT2D eigenvalue weighted by atomic mass is 9.86. The first kappa shape index (κ1) is 10.5. The molecule has 0 saturated heterocycles. The zero-order chi connectivity index (χ0) is 10.8. The highest BCUT2D eigenvalue weighted by Crippen LogP contribution is 2.33. The molecule has 0 atom stereocenters. The van der Waals surface area contributed by atoms with Crippen LogP contribution < -0.4 is 0 Å². The Morgan fingerprint density at radius 2 is 1.80 bits per heavy atom. The summed E-state index contributed by atoms with van der Waals surface area (Å²) in [5, 5.41) is 28.2. The lowest BCUT2D eigenvalue weighted by Crippen LogP contribution is -2.08. The minimum atomic E-state index is -0.174. The molecule has 1 aromatic carbocycles. The smallest absolute Gasteiger partial charge is 0.126 e. The first-order valence-electron chi connectivity index (χ1n) is 5.35. The molecular formula is C12H16O3. The van der Waals surface area contributed by atoms with E-state index in [9.17, 15) is 10.2 Å². The van der Waals surface area contributed by atoms with E-state index in [0.29, 0.717) is 11.1 Å². The van der Waals surface area contributed by atoms with Crippen LogP contribution in [-0.2, 0) is 26.1 Å². The van der Waals surface area contributed by atoms with E-state index in [0.717, 1.165) is 31.2 Å². The zero-order valence-corrected chi connectivity index (χ0v) is 8.66. The molecule has 0 heterocycles. The molecule has 0 unspecified atom stereocenters. The van der Waals surface area contributed by atoms with Crippen molar-refractivity contribution in [1.82, 2.24) is 0 Å². The predicted octanol–water partition coefficient (Wildman–Crippen LogP) is 1.26. The van der Waals surface area contributed by atoms with E-state index >= 15 is 0 Å². The van der Waals surface area contributed by atoms with Crippen LogP contribution in [-0.4, -0.2) is 15.3 Å². The van der Waals surface area contributed by atoms with Crippen LogP contribution >= 0.6 is 0 Å². The first-order valence-corrected chi connectivity index (χ1v) is 5.35. The van der Waals surface area contributed by atoms with Crippen molar-refractivity contribution in [3.05, 3.63) is 28.3 Å². The van der Waals surface area contributed by atoms with Crippen molar-refractivity contribution in [2.75, 3.05) is 0 Å². The number of hydrogen-bond acceptors (Lipinski definition) is 3. The van der Waals surface area contributed by atoms with Gasteiger partial charge in [0.25, 0.3) is 0 Å². The van der Waals surface area contributed by atoms with E-state index in [1.807, 2.05) is 6.07 Å². The van der Waals surface area contributed by atoms with E-state index in [1.165, 1.54) is 5.56 Å². The van der Waals surface area contributed by atoms with Crippen molar-refractivity contribution in [2.24, 2.45) is 0 Å². The molecule has 3 nitrogen and oxygen atoms in total. The maximum Gasteiger partial charge on any atom is 0.126 e. The third kappa shape index (κ3) is 1.73. The van der Waals surface area contributed by atoms with Crippen molar-refractivity contribution in [1.29, 1.82) is 0 Å². The molecule has 0 radical (unpaired) electrons. The molecule has 15 heavy (non-hydrogen) atoms. The minimum Gasteiger partial charge on any atom is -0.507 e. The summed E-state index contributed by atoms with van der Waals surface area (Å²) in [7, 11) is 0. The fourth-order valence-electron chi connectivity index (χ4n) is 2.34. The fraction of sp³-hybridized carbons (Fsp3) is 0.500. The van der Waals surface area contributed by atoms with Gasteiger partial charge in [0.2, 0.25) is 0 Å². The van der Waals surface area contributed by atoms with E-state index in [1.54, 1.807) is 0 Å². The second-order valence-corrected chi connectivity index (χ2v) is 4.02. The molecule has 0 fully saturated rings. The minimum absolute atomic E-state index is 0.0700. The monoisotopic (exact) mass is 208 g/mol. The molecule has 3 N–H and O–H groups in total. The largest absolute Gasteiger partial charge is 0.507 e. The van der Waals surface area contributed by atoms with Crippen LogP contribution in [0, 0.1) is 0 Å². The van der Waals surface area contributed by atoms with Gasteiger partial charge < -0.3 is 15.3 Å². The van der Waals surface area contributed by atoms with Crippen molar-refractivity contribution < 1.29 is 15.3 Å². The molecule has 1 aliphatic rings. The Balaban J connectivity index is 2.58. The molecule has 82 valence electrons. The third-order valence-corrected chi connectivity index (χ3v) is 3.14. The Labute approximate surface area is 89.0 Å². The van der Waals surface area contributed by atoms with E-state index < -0.39 is 0 Å². The number of phenols is 1. The molecule has 0 aliphatic heterocycles. The van der Waals surface area contributed by atoms with Crippen LogP contribution in [0.4, 0.5) is 0 Å². The second kappa shape index (κ2) is 4.21. The maximum atomic E-state index is 9.82. The molecule has 3 heteroatoms. The summed E-state index contributed by atoms with van der Waals surface area (Å²) >= 11 is 0. The lowest BCUT2D eigenvalue weighted by Gasteiger charge is -2.21. The molecule has 1 aliphatic carbocycles. The van der Waals surface area contributed by atoms with Crippen LogP contribution in [0.5, 0.6) is 5.75 Å². The first-order chi connectivity index (χ1) is 7.27. The highest BCUT2D eigenvalue weighted by molar-refractivity contribution is 5.50. The van der Waals surface area contributed by atoms with Gasteiger partial charge in [0.05, 0.1) is 13.2 Å². The number of aliphatic hydroxyl groups is 2. The van der Waals surface area contributed by atoms with Gasteiger partial charge in [-0.05, 0) is 42.9 Å². The normalized spacial score (nSPS) is 15.1. The number of aliphatic hydroxyl groups excluding tert-OH is 2. The van der Waals surface area contributed by atoms with Crippen LogP contribution in [0.25, 0.3) is 0 Å². The number of aromatic hydroxyl groups is 1. The van der Waals surface area contributed by atoms with Gasteiger partial charge in [0.15, 0.2) is 0 Å². The number of benzene rings is 1. The molecule has 0 aromatic heterocycles. The van der Waals surface area contributed by atoms with E-state index in [2.05, 4.69) is 0 Å². The SMILES string of the molecule is OCc1cc2c(c(CO)c1O)CCCC2. The van der Waals surface area contributed by atoms with Crippen molar-refractivity contribution >= 4 is 0 Å². The molecule has 0 bridgehead atoms. The van der Waals surface area contributed by atoms with Crippen LogP contribution in [0.2, 0.25) is 0 Å². The van der Waals surface area contributed by atoms with Gasteiger partial charge in [-0.2, -0.15) is 0 Å². The molecule has 2 rings (SSSR count). The van der Waals surface area contributed by atoms with Gasteiger partial charge >= 0.3 is 0 Å². The van der Waals surface area contributed by atoms with Gasteiger partial charge in [0.1, 0.15) is 5.75 Å². The summed E-state index contributed by atoms with van der Waals surface area (Å²) < 4.78 is 0. The van der Waals surface area contributed by atoms with Gasteiger partial charge in [-0.3, -0.25) is 0 Å². The number of fused-ring (bicyclic) bond motifs is 1. The quantitative estimate of drug-likeness (QED) is 0.685. The maximum absolute atomic E-state index is 9.82. The molecule has 0 amide bonds. The number of rotatable bonds is 2. The summed E-state index contributed by atoms with van der Waals surface area (Å²) in [6, 6.07) is 1.86. The Kier molecular flexibility index (Phi) is 2.93. The van der Waals surface area contributed by atoms with Crippen LogP contribution in [0.15, 0.2) is 6.07 Å². The molecular weight excluding hydrogens is 192 g/mol. The Bertz CT molecular complexity index is 372. The molecule has 0 spiro atoms. The zero-order valence-electron chi connectivity index (χ0n) is 8.66. The molecule has 0 saturated carbocycles. The summed E-state index contributed by atoms with van der Waals surface area (Å²) in [6.45, 7) is -0.325. The highest BCUT2D eigenvalue weighted by atomic mass is 16.3. The van der Waals surface area contributed by atoms with E-state index in [-0.39, 0.29) is 19.0 Å². The van der Waals surface area contributed by atoms with Gasteiger partial charge in [-0.15, -0.1) is 0 Å². The van der Waals surface area contributed by atoms with Gasteiger partial charge in [-0.1, -0.05) is 0 Å². The average molecular weight is 208 g/mol. The van der Waals surface area contributed by atoms with Crippen LogP contribution in [0.1, 0.15) is 35.1 Å². The van der Waals surface area contributed by atoms with Crippen molar-refractivity contribution in [3.63, 3.8) is 0 Å². The topological polar surface area (TPSA) is 60.7 Å².